The third-order valence-corrected chi connectivity index (χ3v) is 5.39. The average molecular weight is 295 g/mol. The lowest BCUT2D eigenvalue weighted by atomic mass is 10.1. The molecule has 0 aromatic heterocycles. The van der Waals surface area contributed by atoms with Crippen LogP contribution in [0.1, 0.15) is 31.4 Å². The molecule has 1 aromatic rings. The number of esters is 1. The van der Waals surface area contributed by atoms with Crippen LogP contribution in [0.2, 0.25) is 0 Å². The zero-order valence-electron chi connectivity index (χ0n) is 11.0. The molecule has 1 unspecified atom stereocenters. The van der Waals surface area contributed by atoms with Gasteiger partial charge in [0.25, 0.3) is 0 Å². The number of nitrogens with zero attached hydrogens (tertiary/aromatic N) is 2. The van der Waals surface area contributed by atoms with E-state index in [-0.39, 0.29) is 16.8 Å². The quantitative estimate of drug-likeness (QED) is 0.613. The third-order valence-electron chi connectivity index (χ3n) is 3.11. The maximum Gasteiger partial charge on any atom is 0.433 e. The summed E-state index contributed by atoms with van der Waals surface area (Å²) >= 11 is 0. The Balaban J connectivity index is 2.23. The van der Waals surface area contributed by atoms with Crippen LogP contribution in [0.15, 0.2) is 29.2 Å². The minimum Gasteiger partial charge on any atom is -0.460 e. The van der Waals surface area contributed by atoms with Gasteiger partial charge in [0, 0.05) is 0 Å². The van der Waals surface area contributed by atoms with E-state index in [2.05, 4.69) is 4.98 Å². The number of benzene rings is 1. The van der Waals surface area contributed by atoms with E-state index >= 15 is 0 Å². The molecule has 0 aliphatic heterocycles. The Morgan fingerprint density at radius 2 is 2.00 bits per heavy atom. The second-order valence-corrected chi connectivity index (χ2v) is 6.81. The minimum atomic E-state index is -3.25. The third kappa shape index (κ3) is 2.80. The molecule has 0 heterocycles. The number of carbonyl (C=O) groups is 1. The molecule has 0 saturated heterocycles. The Bertz CT molecular complexity index is 642. The highest BCUT2D eigenvalue weighted by atomic mass is 32.2. The molecular weight excluding hydrogens is 280 g/mol. The lowest BCUT2D eigenvalue weighted by Crippen LogP contribution is -2.13. The number of hydrogen-bond acceptors (Lipinski definition) is 5. The average Bonchev–Trinajstić information content (AvgIpc) is 3.25. The highest BCUT2D eigenvalue weighted by Gasteiger charge is 2.38. The summed E-state index contributed by atoms with van der Waals surface area (Å²) in [6.07, 6.45) is 1.39. The fourth-order valence-electron chi connectivity index (χ4n) is 1.88. The van der Waals surface area contributed by atoms with Gasteiger partial charge < -0.3 is 4.74 Å². The number of rotatable bonds is 5. The van der Waals surface area contributed by atoms with Crippen molar-refractivity contribution in [1.82, 2.24) is 0 Å². The fourth-order valence-corrected chi connectivity index (χ4v) is 3.54. The normalized spacial score (nSPS) is 16.2. The van der Waals surface area contributed by atoms with Crippen molar-refractivity contribution in [3.8, 4) is 0 Å². The molecule has 0 amide bonds. The molecule has 1 saturated carbocycles. The standard InChI is InChI=1S/C13H15N2O4S/c1-2-19-13(16)12(15-14)9-3-5-10(6-4-9)20(17,18)11-7-8-11/h3-6,11-12H,2,7-8H2,1H3/q+1. The van der Waals surface area contributed by atoms with E-state index in [1.807, 2.05) is 0 Å². The first-order valence-electron chi connectivity index (χ1n) is 6.35. The Hall–Kier alpha value is -1.94. The number of hydrogen-bond donors (Lipinski definition) is 0. The molecule has 0 bridgehead atoms. The molecule has 1 aromatic carbocycles. The number of ether oxygens (including phenoxy) is 1. The smallest absolute Gasteiger partial charge is 0.433 e. The summed E-state index contributed by atoms with van der Waals surface area (Å²) in [5.74, 6) is -0.673. The van der Waals surface area contributed by atoms with E-state index in [0.29, 0.717) is 18.4 Å². The van der Waals surface area contributed by atoms with Gasteiger partial charge in [-0.25, -0.2) is 13.2 Å². The first-order valence-corrected chi connectivity index (χ1v) is 7.90. The monoisotopic (exact) mass is 295 g/mol. The van der Waals surface area contributed by atoms with Crippen molar-refractivity contribution in [2.75, 3.05) is 6.61 Å². The molecule has 0 N–H and O–H groups in total. The second-order valence-electron chi connectivity index (χ2n) is 4.58. The number of diazo groups is 1. The largest absolute Gasteiger partial charge is 0.460 e. The van der Waals surface area contributed by atoms with Gasteiger partial charge in [0.1, 0.15) is 4.98 Å². The van der Waals surface area contributed by atoms with Crippen LogP contribution in [0.25, 0.3) is 4.98 Å². The molecule has 106 valence electrons. The number of sulfone groups is 1. The van der Waals surface area contributed by atoms with Gasteiger partial charge in [0.05, 0.1) is 22.3 Å². The molecule has 1 aliphatic carbocycles. The highest BCUT2D eigenvalue weighted by molar-refractivity contribution is 7.92. The second kappa shape index (κ2) is 5.59. The Morgan fingerprint density at radius 1 is 1.40 bits per heavy atom. The maximum atomic E-state index is 12.0. The van der Waals surface area contributed by atoms with Gasteiger partial charge >= 0.3 is 12.0 Å². The summed E-state index contributed by atoms with van der Waals surface area (Å²) in [7, 11) is -3.25. The van der Waals surface area contributed by atoms with Crippen molar-refractivity contribution < 1.29 is 17.9 Å². The summed E-state index contributed by atoms with van der Waals surface area (Å²) < 4.78 is 28.8. The molecule has 2 rings (SSSR count). The zero-order valence-corrected chi connectivity index (χ0v) is 11.8. The summed E-state index contributed by atoms with van der Waals surface area (Å²) in [6.45, 7) is 1.83. The van der Waals surface area contributed by atoms with Gasteiger partial charge in [-0.15, -0.1) is 0 Å². The molecule has 1 atom stereocenters. The summed E-state index contributed by atoms with van der Waals surface area (Å²) in [6, 6.07) is 4.65. The molecule has 20 heavy (non-hydrogen) atoms. The summed E-state index contributed by atoms with van der Waals surface area (Å²) in [4.78, 5) is 14.8. The van der Waals surface area contributed by atoms with E-state index in [0.717, 1.165) is 0 Å². The van der Waals surface area contributed by atoms with Gasteiger partial charge in [0.15, 0.2) is 9.84 Å². The van der Waals surface area contributed by atoms with E-state index in [1.54, 1.807) is 6.92 Å². The maximum absolute atomic E-state index is 12.0. The van der Waals surface area contributed by atoms with Crippen molar-refractivity contribution in [3.63, 3.8) is 0 Å². The SMILES string of the molecule is CCOC(=O)C([N+]#N)c1ccc(S(=O)(=O)C2CC2)cc1. The van der Waals surface area contributed by atoms with E-state index in [4.69, 9.17) is 10.1 Å². The first-order chi connectivity index (χ1) is 9.50. The highest BCUT2D eigenvalue weighted by Crippen LogP contribution is 2.34. The summed E-state index contributed by atoms with van der Waals surface area (Å²) in [5, 5.41) is 8.63. The van der Waals surface area contributed by atoms with Crippen molar-refractivity contribution in [1.29, 1.82) is 5.39 Å². The fraction of sp³-hybridized carbons (Fsp3) is 0.462. The molecular formula is C13H15N2O4S+. The van der Waals surface area contributed by atoms with E-state index in [9.17, 15) is 13.2 Å². The van der Waals surface area contributed by atoms with Crippen LogP contribution in [0.3, 0.4) is 0 Å². The van der Waals surface area contributed by atoms with Crippen LogP contribution < -0.4 is 0 Å². The van der Waals surface area contributed by atoms with E-state index in [1.165, 1.54) is 24.3 Å². The van der Waals surface area contributed by atoms with Crippen molar-refractivity contribution in [2.45, 2.75) is 36.0 Å². The van der Waals surface area contributed by atoms with Crippen molar-refractivity contribution in [2.24, 2.45) is 0 Å². The van der Waals surface area contributed by atoms with Crippen LogP contribution in [0, 0.1) is 5.39 Å². The minimum absolute atomic E-state index is 0.180. The first kappa shape index (κ1) is 14.5. The van der Waals surface area contributed by atoms with Crippen LogP contribution in [0.4, 0.5) is 0 Å². The lowest BCUT2D eigenvalue weighted by molar-refractivity contribution is -0.143. The predicted molar refractivity (Wildman–Crippen MR) is 71.1 cm³/mol. The van der Waals surface area contributed by atoms with Gasteiger partial charge in [-0.05, 0) is 44.0 Å². The van der Waals surface area contributed by atoms with Gasteiger partial charge in [-0.3, -0.25) is 0 Å². The van der Waals surface area contributed by atoms with Crippen molar-refractivity contribution in [3.05, 3.63) is 34.8 Å². The van der Waals surface area contributed by atoms with Crippen LogP contribution in [0.5, 0.6) is 0 Å². The van der Waals surface area contributed by atoms with Crippen LogP contribution in [-0.2, 0) is 19.4 Å². The molecule has 7 heteroatoms. The lowest BCUT2D eigenvalue weighted by Gasteiger charge is -2.04. The van der Waals surface area contributed by atoms with Gasteiger partial charge in [-0.1, -0.05) is 0 Å². The Morgan fingerprint density at radius 3 is 2.45 bits per heavy atom. The van der Waals surface area contributed by atoms with Crippen molar-refractivity contribution >= 4 is 15.8 Å². The topological polar surface area (TPSA) is 88.6 Å². The van der Waals surface area contributed by atoms with E-state index < -0.39 is 21.8 Å². The molecule has 6 nitrogen and oxygen atoms in total. The number of carbonyl (C=O) groups excluding carboxylic acids is 1. The predicted octanol–water partition coefficient (Wildman–Crippen LogP) is 2.08. The van der Waals surface area contributed by atoms with Crippen LogP contribution in [-0.4, -0.2) is 26.2 Å². The molecule has 1 fully saturated rings. The molecule has 1 aliphatic rings. The summed E-state index contributed by atoms with van der Waals surface area (Å²) in [5.41, 5.74) is 0.390. The molecule has 0 spiro atoms. The Kier molecular flexibility index (Phi) is 4.04. The molecule has 0 radical (unpaired) electrons. The Labute approximate surface area is 117 Å². The zero-order chi connectivity index (χ0) is 14.8. The van der Waals surface area contributed by atoms with Gasteiger partial charge in [0.2, 0.25) is 5.39 Å². The van der Waals surface area contributed by atoms with Crippen LogP contribution >= 0.6 is 0 Å². The van der Waals surface area contributed by atoms with Gasteiger partial charge in [-0.2, -0.15) is 0 Å².